The van der Waals surface area contributed by atoms with Crippen LogP contribution in [0, 0.1) is 5.41 Å². The van der Waals surface area contributed by atoms with Gasteiger partial charge in [0.1, 0.15) is 24.7 Å². The number of rotatable bonds is 13. The van der Waals surface area contributed by atoms with Crippen molar-refractivity contribution < 1.29 is 14.3 Å². The van der Waals surface area contributed by atoms with Crippen molar-refractivity contribution in [1.29, 1.82) is 0 Å². The van der Waals surface area contributed by atoms with E-state index in [0.717, 1.165) is 78.7 Å². The van der Waals surface area contributed by atoms with Crippen LogP contribution in [0.5, 0.6) is 11.5 Å². The molecule has 0 atom stereocenters. The molecule has 0 saturated carbocycles. The fourth-order valence-electron chi connectivity index (χ4n) is 4.29. The summed E-state index contributed by atoms with van der Waals surface area (Å²) in [5.41, 5.74) is 7.02. The highest BCUT2D eigenvalue weighted by Crippen LogP contribution is 2.40. The van der Waals surface area contributed by atoms with E-state index in [1.165, 1.54) is 0 Å². The molecule has 3 rings (SSSR count). The van der Waals surface area contributed by atoms with Crippen LogP contribution in [-0.2, 0) is 4.79 Å². The van der Waals surface area contributed by atoms with Gasteiger partial charge in [-0.2, -0.15) is 5.10 Å². The summed E-state index contributed by atoms with van der Waals surface area (Å²) in [7, 11) is 0. The van der Waals surface area contributed by atoms with Gasteiger partial charge in [-0.05, 0) is 73.7 Å². The molecule has 0 bridgehead atoms. The largest absolute Gasteiger partial charge is 0.492 e. The van der Waals surface area contributed by atoms with E-state index in [2.05, 4.69) is 60.2 Å². The number of carbonyl (C=O) groups is 1. The molecule has 0 aliphatic heterocycles. The lowest BCUT2D eigenvalue weighted by Gasteiger charge is -2.18. The van der Waals surface area contributed by atoms with Crippen LogP contribution in [0.15, 0.2) is 41.5 Å². The molecular weight excluding hydrogens is 464 g/mol. The lowest BCUT2D eigenvalue weighted by Crippen LogP contribution is -2.32. The van der Waals surface area contributed by atoms with E-state index < -0.39 is 5.41 Å². The second-order valence-electron chi connectivity index (χ2n) is 10.3. The van der Waals surface area contributed by atoms with E-state index in [9.17, 15) is 4.79 Å². The van der Waals surface area contributed by atoms with Gasteiger partial charge >= 0.3 is 0 Å². The molecule has 1 N–H and O–H groups in total. The molecule has 0 heterocycles. The highest BCUT2D eigenvalue weighted by Gasteiger charge is 2.28. The molecule has 202 valence electrons. The summed E-state index contributed by atoms with van der Waals surface area (Å²) in [6.07, 6.45) is 0. The zero-order valence-electron chi connectivity index (χ0n) is 23.7. The minimum atomic E-state index is -0.543. The third-order valence-corrected chi connectivity index (χ3v) is 6.87. The summed E-state index contributed by atoms with van der Waals surface area (Å²) < 4.78 is 12.2. The summed E-state index contributed by atoms with van der Waals surface area (Å²) in [6.45, 7) is 21.3. The second kappa shape index (κ2) is 13.1. The van der Waals surface area contributed by atoms with Crippen molar-refractivity contribution in [2.24, 2.45) is 10.5 Å². The minimum Gasteiger partial charge on any atom is -0.492 e. The van der Waals surface area contributed by atoms with Crippen LogP contribution in [0.25, 0.3) is 11.1 Å². The highest BCUT2D eigenvalue weighted by molar-refractivity contribution is 6.25. The number of hydrazone groups is 1. The zero-order valence-corrected chi connectivity index (χ0v) is 23.7. The van der Waals surface area contributed by atoms with Gasteiger partial charge < -0.3 is 19.3 Å². The maximum atomic E-state index is 12.6. The molecule has 1 amide bonds. The van der Waals surface area contributed by atoms with Crippen molar-refractivity contribution in [3.05, 3.63) is 47.5 Å². The third kappa shape index (κ3) is 7.33. The predicted octanol–water partition coefficient (Wildman–Crippen LogP) is 5.02. The first-order valence-corrected chi connectivity index (χ1v) is 13.6. The lowest BCUT2D eigenvalue weighted by atomic mass is 9.96. The van der Waals surface area contributed by atoms with E-state index in [1.54, 1.807) is 0 Å². The maximum absolute atomic E-state index is 12.6. The van der Waals surface area contributed by atoms with E-state index in [1.807, 2.05) is 45.0 Å². The standard InChI is InChI=1S/C30H44N4O3/c1-8-33(9-2)16-18-36-22-12-14-24-25-15-13-23(37-19-17-34(10-3)11-4)21-27(25)28(26(24)20-22)31-32-29(35)30(5,6)7/h12-15,20-21H,8-11,16-19H2,1-7H3,(H,32,35). The molecule has 37 heavy (non-hydrogen) atoms. The summed E-state index contributed by atoms with van der Waals surface area (Å²) in [6, 6.07) is 12.2. The molecule has 0 spiro atoms. The van der Waals surface area contributed by atoms with Crippen molar-refractivity contribution in [2.45, 2.75) is 48.5 Å². The Kier molecular flexibility index (Phi) is 10.1. The first-order chi connectivity index (χ1) is 17.7. The van der Waals surface area contributed by atoms with Crippen molar-refractivity contribution >= 4 is 11.6 Å². The molecule has 1 aliphatic carbocycles. The lowest BCUT2D eigenvalue weighted by molar-refractivity contribution is -0.128. The number of benzene rings is 2. The molecule has 0 fully saturated rings. The van der Waals surface area contributed by atoms with Gasteiger partial charge in [0.05, 0.1) is 5.71 Å². The number of nitrogens with zero attached hydrogens (tertiary/aromatic N) is 3. The number of likely N-dealkylation sites (N-methyl/N-ethyl adjacent to an activating group) is 2. The van der Waals surface area contributed by atoms with Gasteiger partial charge in [0.2, 0.25) is 5.91 Å². The molecule has 7 nitrogen and oxygen atoms in total. The predicted molar refractivity (Wildman–Crippen MR) is 152 cm³/mol. The van der Waals surface area contributed by atoms with Crippen LogP contribution in [0.4, 0.5) is 0 Å². The van der Waals surface area contributed by atoms with Gasteiger partial charge in [-0.3, -0.25) is 4.79 Å². The Hall–Kier alpha value is -2.90. The van der Waals surface area contributed by atoms with E-state index in [-0.39, 0.29) is 5.91 Å². The fourth-order valence-corrected chi connectivity index (χ4v) is 4.29. The van der Waals surface area contributed by atoms with Gasteiger partial charge in [0.25, 0.3) is 0 Å². The van der Waals surface area contributed by atoms with Crippen LogP contribution < -0.4 is 14.9 Å². The highest BCUT2D eigenvalue weighted by atomic mass is 16.5. The number of ether oxygens (including phenoxy) is 2. The summed E-state index contributed by atoms with van der Waals surface area (Å²) in [5, 5.41) is 4.61. The van der Waals surface area contributed by atoms with Crippen LogP contribution in [0.2, 0.25) is 0 Å². The first kappa shape index (κ1) is 28.7. The van der Waals surface area contributed by atoms with Gasteiger partial charge in [-0.25, -0.2) is 5.43 Å². The quantitative estimate of drug-likeness (QED) is 0.328. The Morgan fingerprint density at radius 2 is 1.19 bits per heavy atom. The zero-order chi connectivity index (χ0) is 27.0. The molecule has 0 unspecified atom stereocenters. The number of hydrogen-bond donors (Lipinski definition) is 1. The van der Waals surface area contributed by atoms with Crippen LogP contribution in [0.3, 0.4) is 0 Å². The summed E-state index contributed by atoms with van der Waals surface area (Å²) in [5.74, 6) is 1.46. The SMILES string of the molecule is CCN(CC)CCOc1ccc2c(c1)C(=NNC(=O)C(C)(C)C)c1cc(OCCN(CC)CC)ccc1-2. The van der Waals surface area contributed by atoms with Crippen molar-refractivity contribution in [3.63, 3.8) is 0 Å². The Balaban J connectivity index is 1.87. The molecule has 1 aliphatic rings. The smallest absolute Gasteiger partial charge is 0.245 e. The maximum Gasteiger partial charge on any atom is 0.245 e. The van der Waals surface area contributed by atoms with Crippen LogP contribution in [-0.4, -0.2) is 73.9 Å². The van der Waals surface area contributed by atoms with Crippen molar-refractivity contribution in [2.75, 3.05) is 52.5 Å². The van der Waals surface area contributed by atoms with E-state index in [4.69, 9.17) is 9.47 Å². The molecule has 7 heteroatoms. The van der Waals surface area contributed by atoms with Gasteiger partial charge in [0, 0.05) is 29.6 Å². The first-order valence-electron chi connectivity index (χ1n) is 13.6. The molecular formula is C30H44N4O3. The minimum absolute atomic E-state index is 0.131. The fraction of sp³-hybridized carbons (Fsp3) is 0.533. The summed E-state index contributed by atoms with van der Waals surface area (Å²) in [4.78, 5) is 17.3. The Morgan fingerprint density at radius 1 is 0.757 bits per heavy atom. The molecule has 2 aromatic carbocycles. The van der Waals surface area contributed by atoms with Crippen LogP contribution in [0.1, 0.15) is 59.6 Å². The summed E-state index contributed by atoms with van der Waals surface area (Å²) >= 11 is 0. The van der Waals surface area contributed by atoms with Gasteiger partial charge in [0.15, 0.2) is 0 Å². The average molecular weight is 509 g/mol. The van der Waals surface area contributed by atoms with Gasteiger partial charge in [-0.1, -0.05) is 48.5 Å². The third-order valence-electron chi connectivity index (χ3n) is 6.87. The number of nitrogens with one attached hydrogen (secondary N) is 1. The normalized spacial score (nSPS) is 12.5. The number of hydrogen-bond acceptors (Lipinski definition) is 6. The number of carbonyl (C=O) groups excluding carboxylic acids is 1. The van der Waals surface area contributed by atoms with Crippen molar-refractivity contribution in [1.82, 2.24) is 15.2 Å². The van der Waals surface area contributed by atoms with Crippen molar-refractivity contribution in [3.8, 4) is 22.6 Å². The Morgan fingerprint density at radius 3 is 1.57 bits per heavy atom. The molecule has 0 saturated heterocycles. The monoisotopic (exact) mass is 508 g/mol. The van der Waals surface area contributed by atoms with Gasteiger partial charge in [-0.15, -0.1) is 0 Å². The number of amides is 1. The molecule has 0 radical (unpaired) electrons. The van der Waals surface area contributed by atoms with Crippen LogP contribution >= 0.6 is 0 Å². The Labute approximate surface area is 222 Å². The van der Waals surface area contributed by atoms with E-state index >= 15 is 0 Å². The topological polar surface area (TPSA) is 66.4 Å². The molecule has 0 aromatic heterocycles. The second-order valence-corrected chi connectivity index (χ2v) is 10.3. The Bertz CT molecular complexity index is 1010. The van der Waals surface area contributed by atoms with E-state index in [0.29, 0.717) is 13.2 Å². The number of fused-ring (bicyclic) bond motifs is 3. The molecule has 2 aromatic rings. The average Bonchev–Trinajstić information content (AvgIpc) is 3.19.